The number of pyridine rings is 1. The normalized spacial score (nSPS) is 13.2. The Bertz CT molecular complexity index is 1100. The maximum Gasteiger partial charge on any atom is 0.337 e. The van der Waals surface area contributed by atoms with Crippen LogP contribution in [0.25, 0.3) is 10.9 Å². The third-order valence-corrected chi connectivity index (χ3v) is 4.12. The van der Waals surface area contributed by atoms with E-state index < -0.39 is 23.3 Å². The van der Waals surface area contributed by atoms with Crippen molar-refractivity contribution in [1.82, 2.24) is 10.0 Å². The molecule has 2 heterocycles. The average molecular weight is 348 g/mol. The fraction of sp³-hybridized carbons (Fsp3) is 0.0526. The molecule has 0 radical (unpaired) electrons. The Hall–Kier alpha value is -3.74. The molecule has 2 aromatic carbocycles. The molecule has 0 aliphatic carbocycles. The first-order valence-electron chi connectivity index (χ1n) is 7.84. The molecule has 1 N–H and O–H groups in total. The number of hydrogen-bond donors (Lipinski definition) is 1. The lowest BCUT2D eigenvalue weighted by Crippen LogP contribution is -2.33. The van der Waals surface area contributed by atoms with Gasteiger partial charge in [-0.25, -0.2) is 4.79 Å². The monoisotopic (exact) mass is 348 g/mol. The Kier molecular flexibility index (Phi) is 3.62. The second-order valence-electron chi connectivity index (χ2n) is 5.80. The molecule has 0 spiro atoms. The van der Waals surface area contributed by atoms with Crippen LogP contribution in [0.5, 0.6) is 0 Å². The number of para-hydroxylation sites is 1. The molecule has 128 valence electrons. The highest BCUT2D eigenvalue weighted by atomic mass is 16.7. The van der Waals surface area contributed by atoms with Crippen LogP contribution in [0.1, 0.15) is 26.3 Å². The molecule has 0 saturated carbocycles. The summed E-state index contributed by atoms with van der Waals surface area (Å²) in [5.41, 5.74) is 0.756. The number of amides is 2. The number of hydrogen-bond acceptors (Lipinski definition) is 5. The minimum Gasteiger partial charge on any atom is -0.329 e. The molecule has 0 saturated heterocycles. The molecule has 1 aliphatic rings. The third-order valence-electron chi connectivity index (χ3n) is 4.12. The molecule has 0 bridgehead atoms. The molecular formula is C19H12N2O5. The molecule has 4 rings (SSSR count). The van der Waals surface area contributed by atoms with E-state index >= 15 is 0 Å². The maximum absolute atomic E-state index is 12.2. The van der Waals surface area contributed by atoms with E-state index in [-0.39, 0.29) is 23.1 Å². The van der Waals surface area contributed by atoms with Crippen molar-refractivity contribution in [3.63, 3.8) is 0 Å². The lowest BCUT2D eigenvalue weighted by Gasteiger charge is -2.12. The molecule has 0 atom stereocenters. The van der Waals surface area contributed by atoms with Gasteiger partial charge in [-0.15, -0.1) is 0 Å². The number of rotatable bonds is 3. The number of nitrogens with one attached hydrogen (secondary N) is 1. The molecule has 2 amide bonds. The highest BCUT2D eigenvalue weighted by Gasteiger charge is 2.38. The Balaban J connectivity index is 1.55. The van der Waals surface area contributed by atoms with E-state index in [2.05, 4.69) is 4.98 Å². The minimum atomic E-state index is -0.875. The van der Waals surface area contributed by atoms with Crippen molar-refractivity contribution in [2.24, 2.45) is 0 Å². The van der Waals surface area contributed by atoms with Gasteiger partial charge < -0.3 is 9.82 Å². The van der Waals surface area contributed by atoms with Gasteiger partial charge in [0, 0.05) is 11.1 Å². The van der Waals surface area contributed by atoms with E-state index in [9.17, 15) is 19.2 Å². The molecule has 7 heteroatoms. The summed E-state index contributed by atoms with van der Waals surface area (Å²) >= 11 is 0. The standard InChI is InChI=1S/C19H12N2O5/c22-16(10-12-9-11-5-1-4-8-15(11)20-17(12)23)26-21-18(24)13-6-2-3-7-14(13)19(21)25/h1-9H,10H2,(H,20,23). The van der Waals surface area contributed by atoms with Gasteiger partial charge in [0.25, 0.3) is 17.4 Å². The van der Waals surface area contributed by atoms with Crippen LogP contribution in [-0.4, -0.2) is 27.8 Å². The third kappa shape index (κ3) is 2.55. The van der Waals surface area contributed by atoms with E-state index in [1.165, 1.54) is 12.1 Å². The fourth-order valence-electron chi connectivity index (χ4n) is 2.86. The number of carbonyl (C=O) groups excluding carboxylic acids is 3. The van der Waals surface area contributed by atoms with Gasteiger partial charge in [-0.05, 0) is 29.7 Å². The SMILES string of the molecule is O=C(Cc1cc2ccccc2[nH]c1=O)ON1C(=O)c2ccccc2C1=O. The second kappa shape index (κ2) is 5.96. The zero-order valence-electron chi connectivity index (χ0n) is 13.4. The number of fused-ring (bicyclic) bond motifs is 2. The van der Waals surface area contributed by atoms with E-state index in [1.54, 1.807) is 36.4 Å². The zero-order chi connectivity index (χ0) is 18.3. The van der Waals surface area contributed by atoms with Crippen LogP contribution in [0.2, 0.25) is 0 Å². The number of aromatic nitrogens is 1. The van der Waals surface area contributed by atoms with Crippen LogP contribution >= 0.6 is 0 Å². The predicted octanol–water partition coefficient (Wildman–Crippen LogP) is 1.83. The van der Waals surface area contributed by atoms with Crippen molar-refractivity contribution >= 4 is 28.7 Å². The molecule has 1 aromatic heterocycles. The summed E-state index contributed by atoms with van der Waals surface area (Å²) in [6.45, 7) is 0. The molecule has 0 fully saturated rings. The van der Waals surface area contributed by atoms with Crippen molar-refractivity contribution in [3.8, 4) is 0 Å². The van der Waals surface area contributed by atoms with Crippen LogP contribution in [0.3, 0.4) is 0 Å². The van der Waals surface area contributed by atoms with Crippen LogP contribution in [0.15, 0.2) is 59.4 Å². The van der Waals surface area contributed by atoms with E-state index in [1.807, 2.05) is 6.07 Å². The van der Waals surface area contributed by atoms with Crippen LogP contribution in [-0.2, 0) is 16.1 Å². The van der Waals surface area contributed by atoms with Crippen molar-refractivity contribution in [2.45, 2.75) is 6.42 Å². The Morgan fingerprint density at radius 3 is 2.23 bits per heavy atom. The van der Waals surface area contributed by atoms with E-state index in [4.69, 9.17) is 4.84 Å². The lowest BCUT2D eigenvalue weighted by molar-refractivity contribution is -0.167. The molecule has 7 nitrogen and oxygen atoms in total. The first kappa shape index (κ1) is 15.8. The number of aromatic amines is 1. The molecule has 26 heavy (non-hydrogen) atoms. The summed E-state index contributed by atoms with van der Waals surface area (Å²) in [7, 11) is 0. The summed E-state index contributed by atoms with van der Waals surface area (Å²) in [6.07, 6.45) is -0.367. The van der Waals surface area contributed by atoms with Gasteiger partial charge in [-0.2, -0.15) is 0 Å². The zero-order valence-corrected chi connectivity index (χ0v) is 13.4. The minimum absolute atomic E-state index is 0.175. The average Bonchev–Trinajstić information content (AvgIpc) is 2.88. The van der Waals surface area contributed by atoms with Crippen molar-refractivity contribution < 1.29 is 19.2 Å². The van der Waals surface area contributed by atoms with Crippen molar-refractivity contribution in [2.75, 3.05) is 0 Å². The summed E-state index contributed by atoms with van der Waals surface area (Å²) in [5, 5.41) is 1.19. The van der Waals surface area contributed by atoms with Gasteiger partial charge in [-0.3, -0.25) is 14.4 Å². The topological polar surface area (TPSA) is 96.5 Å². The van der Waals surface area contributed by atoms with Gasteiger partial charge >= 0.3 is 5.97 Å². The first-order valence-corrected chi connectivity index (χ1v) is 7.84. The van der Waals surface area contributed by atoms with Gasteiger partial charge in [0.2, 0.25) is 0 Å². The van der Waals surface area contributed by atoms with Crippen LogP contribution in [0, 0.1) is 0 Å². The number of H-pyrrole nitrogens is 1. The van der Waals surface area contributed by atoms with Crippen LogP contribution < -0.4 is 5.56 Å². The second-order valence-corrected chi connectivity index (χ2v) is 5.80. The fourth-order valence-corrected chi connectivity index (χ4v) is 2.86. The predicted molar refractivity (Wildman–Crippen MR) is 91.3 cm³/mol. The molecule has 1 aliphatic heterocycles. The van der Waals surface area contributed by atoms with E-state index in [0.29, 0.717) is 10.6 Å². The summed E-state index contributed by atoms with van der Waals surface area (Å²) < 4.78 is 0. The number of nitrogens with zero attached hydrogens (tertiary/aromatic N) is 1. The molecule has 0 unspecified atom stereocenters. The smallest absolute Gasteiger partial charge is 0.329 e. The molecular weight excluding hydrogens is 336 g/mol. The Morgan fingerprint density at radius 1 is 0.923 bits per heavy atom. The first-order chi connectivity index (χ1) is 12.5. The summed E-state index contributed by atoms with van der Waals surface area (Å²) in [6, 6.07) is 14.9. The van der Waals surface area contributed by atoms with Gasteiger partial charge in [0.15, 0.2) is 0 Å². The quantitative estimate of drug-likeness (QED) is 0.729. The van der Waals surface area contributed by atoms with Crippen molar-refractivity contribution in [3.05, 3.63) is 81.6 Å². The Morgan fingerprint density at radius 2 is 1.54 bits per heavy atom. The highest BCUT2D eigenvalue weighted by molar-refractivity contribution is 6.20. The largest absolute Gasteiger partial charge is 0.337 e. The number of imide groups is 1. The van der Waals surface area contributed by atoms with Crippen molar-refractivity contribution in [1.29, 1.82) is 0 Å². The van der Waals surface area contributed by atoms with Gasteiger partial charge in [0.1, 0.15) is 0 Å². The van der Waals surface area contributed by atoms with Gasteiger partial charge in [-0.1, -0.05) is 35.4 Å². The number of carbonyl (C=O) groups is 3. The lowest BCUT2D eigenvalue weighted by atomic mass is 10.1. The van der Waals surface area contributed by atoms with Crippen LogP contribution in [0.4, 0.5) is 0 Å². The van der Waals surface area contributed by atoms with E-state index in [0.717, 1.165) is 5.39 Å². The molecule has 3 aromatic rings. The maximum atomic E-state index is 12.2. The Labute approximate surface area is 146 Å². The highest BCUT2D eigenvalue weighted by Crippen LogP contribution is 2.23. The van der Waals surface area contributed by atoms with Gasteiger partial charge in [0.05, 0.1) is 17.5 Å². The summed E-state index contributed by atoms with van der Waals surface area (Å²) in [5.74, 6) is -2.28. The summed E-state index contributed by atoms with van der Waals surface area (Å²) in [4.78, 5) is 56.3. The number of benzene rings is 2. The number of hydroxylamine groups is 2.